The molecule has 0 aliphatic carbocycles. The van der Waals surface area contributed by atoms with Crippen molar-refractivity contribution in [2.45, 2.75) is 0 Å². The highest BCUT2D eigenvalue weighted by Crippen LogP contribution is 1.68. The number of aliphatic imine (C=N–C) groups is 1. The topological polar surface area (TPSA) is 53.1 Å². The predicted molar refractivity (Wildman–Crippen MR) is 38.4 cm³/mol. The minimum absolute atomic E-state index is 0.956. The number of nitrogens with zero attached hydrogens (tertiary/aromatic N) is 2. The highest BCUT2D eigenvalue weighted by atomic mass is 15.1. The molecule has 4 nitrogen and oxygen atoms in total. The van der Waals surface area contributed by atoms with Crippen LogP contribution in [0.15, 0.2) is 11.2 Å². The molecule has 0 bridgehead atoms. The van der Waals surface area contributed by atoms with Gasteiger partial charge in [0.25, 0.3) is 0 Å². The van der Waals surface area contributed by atoms with Crippen molar-refractivity contribution >= 4 is 18.7 Å². The Morgan fingerprint density at radius 3 is 3.40 bits per heavy atom. The van der Waals surface area contributed by atoms with Gasteiger partial charge >= 0.3 is 0 Å². The van der Waals surface area contributed by atoms with Crippen molar-refractivity contribution in [1.29, 1.82) is 0 Å². The first-order valence-electron chi connectivity index (χ1n) is 2.94. The van der Waals surface area contributed by atoms with Crippen molar-refractivity contribution in [2.24, 2.45) is 4.99 Å². The van der Waals surface area contributed by atoms with Gasteiger partial charge in [-0.2, -0.15) is 5.10 Å². The molecular weight excluding hydrogens is 128 g/mol. The summed E-state index contributed by atoms with van der Waals surface area (Å²) in [5.41, 5.74) is 0. The first-order valence-corrected chi connectivity index (χ1v) is 2.94. The van der Waals surface area contributed by atoms with Crippen LogP contribution < -0.4 is 15.9 Å². The van der Waals surface area contributed by atoms with Crippen molar-refractivity contribution in [2.75, 3.05) is 0 Å². The third-order valence-corrected chi connectivity index (χ3v) is 1.29. The smallest absolute Gasteiger partial charge is 0.0919 e. The van der Waals surface area contributed by atoms with Crippen molar-refractivity contribution in [3.8, 4) is 0 Å². The summed E-state index contributed by atoms with van der Waals surface area (Å²) in [5.74, 6) is 0. The molecule has 1 aromatic rings. The predicted octanol–water partition coefficient (Wildman–Crippen LogP) is -1.48. The van der Waals surface area contributed by atoms with E-state index in [4.69, 9.17) is 0 Å². The average molecular weight is 134 g/mol. The molecule has 4 heteroatoms. The lowest BCUT2D eigenvalue weighted by atomic mass is 10.5. The molecule has 1 aliphatic rings. The lowest BCUT2D eigenvalue weighted by molar-refractivity contribution is 1.06. The molecule has 0 atom stereocenters. The lowest BCUT2D eigenvalue weighted by Crippen LogP contribution is -2.23. The van der Waals surface area contributed by atoms with Gasteiger partial charge in [-0.3, -0.25) is 5.10 Å². The lowest BCUT2D eigenvalue weighted by Gasteiger charge is -1.79. The number of hydrogen-bond donors (Lipinski definition) is 2. The Bertz CT molecular complexity index is 359. The van der Waals surface area contributed by atoms with Gasteiger partial charge in [0, 0.05) is 17.6 Å². The monoisotopic (exact) mass is 134 g/mol. The van der Waals surface area contributed by atoms with Gasteiger partial charge in [-0.05, 0) is 0 Å². The highest BCUT2D eigenvalue weighted by Gasteiger charge is 1.86. The maximum atomic E-state index is 3.93. The van der Waals surface area contributed by atoms with Crippen molar-refractivity contribution < 1.29 is 0 Å². The summed E-state index contributed by atoms with van der Waals surface area (Å²) in [6.07, 6.45) is 6.91. The van der Waals surface area contributed by atoms with Crippen LogP contribution in [0, 0.1) is 0 Å². The van der Waals surface area contributed by atoms with Crippen molar-refractivity contribution in [3.63, 3.8) is 0 Å². The van der Waals surface area contributed by atoms with Crippen molar-refractivity contribution in [1.82, 2.24) is 15.5 Å². The molecule has 0 spiro atoms. The van der Waals surface area contributed by atoms with Gasteiger partial charge in [0.1, 0.15) is 0 Å². The van der Waals surface area contributed by atoms with Crippen LogP contribution in [0.2, 0.25) is 0 Å². The standard InChI is InChI=1S/C6H6N4/c1-5-2-9-10-6(5)3-8-4-7-1/h1-4,10H,(H,7,8). The van der Waals surface area contributed by atoms with E-state index >= 15 is 0 Å². The molecule has 0 unspecified atom stereocenters. The maximum absolute atomic E-state index is 3.93. The number of H-pyrrole nitrogens is 1. The van der Waals surface area contributed by atoms with Crippen LogP contribution in [-0.2, 0) is 0 Å². The minimum atomic E-state index is 0.956. The molecule has 0 saturated carbocycles. The van der Waals surface area contributed by atoms with Gasteiger partial charge in [0.2, 0.25) is 0 Å². The second-order valence-electron chi connectivity index (χ2n) is 1.96. The van der Waals surface area contributed by atoms with E-state index < -0.39 is 0 Å². The van der Waals surface area contributed by atoms with E-state index in [1.54, 1.807) is 18.7 Å². The molecule has 0 amide bonds. The van der Waals surface area contributed by atoms with Gasteiger partial charge in [0.15, 0.2) is 0 Å². The normalized spacial score (nSPS) is 14.0. The molecule has 0 fully saturated rings. The number of nitrogens with one attached hydrogen (secondary N) is 2. The molecule has 2 N–H and O–H groups in total. The number of aromatic amines is 1. The Morgan fingerprint density at radius 1 is 1.40 bits per heavy atom. The molecule has 50 valence electrons. The molecule has 10 heavy (non-hydrogen) atoms. The summed E-state index contributed by atoms with van der Waals surface area (Å²) in [4.78, 5) is 3.93. The van der Waals surface area contributed by atoms with E-state index in [-0.39, 0.29) is 0 Å². The molecule has 2 heterocycles. The first-order chi connectivity index (χ1) is 4.97. The molecular formula is C6H6N4. The zero-order chi connectivity index (χ0) is 6.81. The van der Waals surface area contributed by atoms with E-state index in [1.165, 1.54) is 0 Å². The summed E-state index contributed by atoms with van der Waals surface area (Å²) < 4.78 is 0. The van der Waals surface area contributed by atoms with Crippen LogP contribution in [0.3, 0.4) is 0 Å². The third-order valence-electron chi connectivity index (χ3n) is 1.29. The van der Waals surface area contributed by atoms with Crippen LogP contribution in [0.1, 0.15) is 0 Å². The summed E-state index contributed by atoms with van der Waals surface area (Å²) in [7, 11) is 0. The van der Waals surface area contributed by atoms with E-state index in [0.717, 1.165) is 10.6 Å². The molecule has 0 radical (unpaired) electrons. The van der Waals surface area contributed by atoms with E-state index in [9.17, 15) is 0 Å². The van der Waals surface area contributed by atoms with Crippen LogP contribution >= 0.6 is 0 Å². The molecule has 0 aromatic carbocycles. The SMILES string of the molecule is C1=NC=c2cn[nH]c2=CN1. The van der Waals surface area contributed by atoms with E-state index in [1.807, 2.05) is 6.20 Å². The van der Waals surface area contributed by atoms with Gasteiger partial charge in [0.05, 0.1) is 17.9 Å². The quantitative estimate of drug-likeness (QED) is 0.454. The molecule has 1 aliphatic heterocycles. The average Bonchev–Trinajstić information content (AvgIpc) is 2.28. The van der Waals surface area contributed by atoms with Crippen LogP contribution in [0.4, 0.5) is 0 Å². The highest BCUT2D eigenvalue weighted by molar-refractivity contribution is 5.65. The fourth-order valence-corrected chi connectivity index (χ4v) is 0.805. The molecule has 1 aromatic heterocycles. The Hall–Kier alpha value is -1.58. The zero-order valence-electron chi connectivity index (χ0n) is 5.20. The Morgan fingerprint density at radius 2 is 2.40 bits per heavy atom. The number of hydrogen-bond acceptors (Lipinski definition) is 3. The minimum Gasteiger partial charge on any atom is -0.351 e. The zero-order valence-corrected chi connectivity index (χ0v) is 5.20. The summed E-state index contributed by atoms with van der Waals surface area (Å²) in [6.45, 7) is 0. The summed E-state index contributed by atoms with van der Waals surface area (Å²) in [6, 6.07) is 0. The summed E-state index contributed by atoms with van der Waals surface area (Å²) in [5, 5.41) is 11.5. The van der Waals surface area contributed by atoms with Crippen molar-refractivity contribution in [3.05, 3.63) is 16.8 Å². The number of fused-ring (bicyclic) bond motifs is 1. The Balaban J connectivity index is 2.82. The number of aromatic nitrogens is 2. The van der Waals surface area contributed by atoms with E-state index in [2.05, 4.69) is 20.5 Å². The van der Waals surface area contributed by atoms with Crippen LogP contribution in [0.25, 0.3) is 12.4 Å². The maximum Gasteiger partial charge on any atom is 0.0919 e. The first kappa shape index (κ1) is 5.22. The van der Waals surface area contributed by atoms with Gasteiger partial charge in [-0.15, -0.1) is 0 Å². The van der Waals surface area contributed by atoms with Gasteiger partial charge in [-0.25, -0.2) is 4.99 Å². The second-order valence-corrected chi connectivity index (χ2v) is 1.96. The fourth-order valence-electron chi connectivity index (χ4n) is 0.805. The van der Waals surface area contributed by atoms with Crippen LogP contribution in [0.5, 0.6) is 0 Å². The third kappa shape index (κ3) is 0.699. The molecule has 2 rings (SSSR count). The van der Waals surface area contributed by atoms with Gasteiger partial charge < -0.3 is 5.32 Å². The molecule has 0 saturated heterocycles. The van der Waals surface area contributed by atoms with Gasteiger partial charge in [-0.1, -0.05) is 0 Å². The van der Waals surface area contributed by atoms with E-state index in [0.29, 0.717) is 0 Å². The second kappa shape index (κ2) is 1.98. The van der Waals surface area contributed by atoms with Crippen LogP contribution in [-0.4, -0.2) is 16.5 Å². The Labute approximate surface area is 57.0 Å². The fraction of sp³-hybridized carbons (Fsp3) is 0. The summed E-state index contributed by atoms with van der Waals surface area (Å²) >= 11 is 0. The Kier molecular flexibility index (Phi) is 1.04. The number of rotatable bonds is 0. The largest absolute Gasteiger partial charge is 0.351 e.